The molecule has 1 aromatic carbocycles. The van der Waals surface area contributed by atoms with Crippen molar-refractivity contribution in [3.63, 3.8) is 0 Å². The molecule has 2 rings (SSSR count). The Labute approximate surface area is 115 Å². The summed E-state index contributed by atoms with van der Waals surface area (Å²) in [5.74, 6) is -0.241. The van der Waals surface area contributed by atoms with Gasteiger partial charge in [0.2, 0.25) is 0 Å². The molecule has 19 heavy (non-hydrogen) atoms. The van der Waals surface area contributed by atoms with Crippen LogP contribution in [-0.2, 0) is 0 Å². The molecule has 0 saturated carbocycles. The summed E-state index contributed by atoms with van der Waals surface area (Å²) in [4.78, 5) is 16.8. The van der Waals surface area contributed by atoms with Crippen molar-refractivity contribution in [1.82, 2.24) is 10.4 Å². The Kier molecular flexibility index (Phi) is 3.91. The minimum absolute atomic E-state index is 0.241. The van der Waals surface area contributed by atoms with Gasteiger partial charge in [0.05, 0.1) is 16.3 Å². The number of benzene rings is 1. The van der Waals surface area contributed by atoms with E-state index in [0.29, 0.717) is 16.4 Å². The standard InChI is InChI=1S/C13H14N4OS/c1-8-11(19-13(14)15-8)9(2)16-17-12(18)10-6-4-3-5-7-10/h3-7H,1-2H3,(H2,14,15)(H,17,18). The third kappa shape index (κ3) is 3.17. The maximum absolute atomic E-state index is 11.8. The number of hydrogen-bond acceptors (Lipinski definition) is 5. The molecule has 6 heteroatoms. The van der Waals surface area contributed by atoms with Gasteiger partial charge in [0.15, 0.2) is 5.13 Å². The summed E-state index contributed by atoms with van der Waals surface area (Å²) in [6.07, 6.45) is 0. The van der Waals surface area contributed by atoms with Crippen LogP contribution in [0.5, 0.6) is 0 Å². The van der Waals surface area contributed by atoms with Crippen molar-refractivity contribution in [2.24, 2.45) is 5.10 Å². The predicted octanol–water partition coefficient (Wildman–Crippen LogP) is 2.19. The summed E-state index contributed by atoms with van der Waals surface area (Å²) < 4.78 is 0. The van der Waals surface area contributed by atoms with Crippen molar-refractivity contribution in [3.05, 3.63) is 46.5 Å². The molecule has 0 spiro atoms. The molecule has 0 bridgehead atoms. The number of anilines is 1. The third-order valence-corrected chi connectivity index (χ3v) is 3.60. The number of aryl methyl sites for hydroxylation is 1. The van der Waals surface area contributed by atoms with Gasteiger partial charge < -0.3 is 5.73 Å². The quantitative estimate of drug-likeness (QED) is 0.665. The van der Waals surface area contributed by atoms with Crippen LogP contribution < -0.4 is 11.2 Å². The summed E-state index contributed by atoms with van der Waals surface area (Å²) >= 11 is 1.35. The molecule has 0 fully saturated rings. The van der Waals surface area contributed by atoms with Gasteiger partial charge in [-0.3, -0.25) is 4.79 Å². The van der Waals surface area contributed by atoms with Crippen LogP contribution in [-0.4, -0.2) is 16.6 Å². The second kappa shape index (κ2) is 5.62. The minimum atomic E-state index is -0.241. The molecule has 0 atom stereocenters. The second-order valence-corrected chi connectivity index (χ2v) is 5.00. The molecular formula is C13H14N4OS. The molecule has 0 aliphatic carbocycles. The first-order valence-corrected chi connectivity index (χ1v) is 6.52. The predicted molar refractivity (Wildman–Crippen MR) is 77.4 cm³/mol. The highest BCUT2D eigenvalue weighted by molar-refractivity contribution is 7.17. The Morgan fingerprint density at radius 1 is 1.37 bits per heavy atom. The van der Waals surface area contributed by atoms with Gasteiger partial charge in [-0.25, -0.2) is 10.4 Å². The number of aromatic nitrogens is 1. The fourth-order valence-electron chi connectivity index (χ4n) is 1.59. The van der Waals surface area contributed by atoms with Crippen molar-refractivity contribution >= 4 is 28.1 Å². The highest BCUT2D eigenvalue weighted by atomic mass is 32.1. The van der Waals surface area contributed by atoms with Gasteiger partial charge in [0, 0.05) is 5.56 Å². The van der Waals surface area contributed by atoms with Crippen LogP contribution in [0, 0.1) is 6.92 Å². The number of nitrogen functional groups attached to an aromatic ring is 1. The van der Waals surface area contributed by atoms with E-state index in [1.807, 2.05) is 19.9 Å². The van der Waals surface area contributed by atoms with Crippen molar-refractivity contribution in [2.45, 2.75) is 13.8 Å². The van der Waals surface area contributed by atoms with Crippen molar-refractivity contribution in [3.8, 4) is 0 Å². The van der Waals surface area contributed by atoms with Gasteiger partial charge in [-0.05, 0) is 26.0 Å². The van der Waals surface area contributed by atoms with Crippen LogP contribution >= 0.6 is 11.3 Å². The summed E-state index contributed by atoms with van der Waals surface area (Å²) in [5.41, 5.74) is 10.2. The lowest BCUT2D eigenvalue weighted by Gasteiger charge is -2.01. The van der Waals surface area contributed by atoms with Crippen LogP contribution in [0.15, 0.2) is 35.4 Å². The number of rotatable bonds is 3. The highest BCUT2D eigenvalue weighted by Crippen LogP contribution is 2.20. The topological polar surface area (TPSA) is 80.4 Å². The monoisotopic (exact) mass is 274 g/mol. The summed E-state index contributed by atoms with van der Waals surface area (Å²) in [5, 5.41) is 4.57. The molecule has 0 aliphatic heterocycles. The number of amides is 1. The zero-order chi connectivity index (χ0) is 13.8. The second-order valence-electron chi connectivity index (χ2n) is 3.97. The Bertz CT molecular complexity index is 619. The number of nitrogens with one attached hydrogen (secondary N) is 1. The molecule has 0 radical (unpaired) electrons. The van der Waals surface area contributed by atoms with E-state index < -0.39 is 0 Å². The average molecular weight is 274 g/mol. The maximum Gasteiger partial charge on any atom is 0.271 e. The van der Waals surface area contributed by atoms with Crippen LogP contribution in [0.1, 0.15) is 27.9 Å². The number of thiazole rings is 1. The summed E-state index contributed by atoms with van der Waals surface area (Å²) in [7, 11) is 0. The zero-order valence-corrected chi connectivity index (χ0v) is 11.5. The lowest BCUT2D eigenvalue weighted by molar-refractivity contribution is 0.0955. The largest absolute Gasteiger partial charge is 0.375 e. The third-order valence-electron chi connectivity index (χ3n) is 2.50. The average Bonchev–Trinajstić information content (AvgIpc) is 2.75. The van der Waals surface area contributed by atoms with Crippen LogP contribution in [0.2, 0.25) is 0 Å². The summed E-state index contributed by atoms with van der Waals surface area (Å²) in [6.45, 7) is 3.67. The molecule has 1 aromatic heterocycles. The van der Waals surface area contributed by atoms with Crippen LogP contribution in [0.3, 0.4) is 0 Å². The Balaban J connectivity index is 2.11. The molecule has 98 valence electrons. The lowest BCUT2D eigenvalue weighted by atomic mass is 10.2. The van der Waals surface area contributed by atoms with E-state index in [1.54, 1.807) is 24.3 Å². The van der Waals surface area contributed by atoms with Crippen molar-refractivity contribution in [1.29, 1.82) is 0 Å². The van der Waals surface area contributed by atoms with E-state index in [4.69, 9.17) is 5.73 Å². The molecule has 0 saturated heterocycles. The van der Waals surface area contributed by atoms with Crippen LogP contribution in [0.4, 0.5) is 5.13 Å². The maximum atomic E-state index is 11.8. The smallest absolute Gasteiger partial charge is 0.271 e. The Morgan fingerprint density at radius 3 is 2.63 bits per heavy atom. The first-order chi connectivity index (χ1) is 9.08. The number of hydrogen-bond donors (Lipinski definition) is 2. The van der Waals surface area contributed by atoms with Crippen LogP contribution in [0.25, 0.3) is 0 Å². The number of carbonyl (C=O) groups excluding carboxylic acids is 1. The fraction of sp³-hybridized carbons (Fsp3) is 0.154. The van der Waals surface area contributed by atoms with E-state index in [-0.39, 0.29) is 5.91 Å². The van der Waals surface area contributed by atoms with E-state index in [1.165, 1.54) is 11.3 Å². The molecular weight excluding hydrogens is 260 g/mol. The summed E-state index contributed by atoms with van der Waals surface area (Å²) in [6, 6.07) is 8.93. The first-order valence-electron chi connectivity index (χ1n) is 5.71. The number of carbonyl (C=O) groups is 1. The van der Waals surface area contributed by atoms with Crippen molar-refractivity contribution < 1.29 is 4.79 Å². The SMILES string of the molecule is CC(=NNC(=O)c1ccccc1)c1sc(N)nc1C. The van der Waals surface area contributed by atoms with E-state index in [0.717, 1.165) is 10.6 Å². The molecule has 0 aliphatic rings. The Morgan fingerprint density at radius 2 is 2.05 bits per heavy atom. The molecule has 2 aromatic rings. The first kappa shape index (κ1) is 13.2. The molecule has 3 N–H and O–H groups in total. The number of hydrazone groups is 1. The molecule has 5 nitrogen and oxygen atoms in total. The highest BCUT2D eigenvalue weighted by Gasteiger charge is 2.09. The molecule has 1 amide bonds. The molecule has 0 unspecified atom stereocenters. The van der Waals surface area contributed by atoms with Gasteiger partial charge in [0.25, 0.3) is 5.91 Å². The fourth-order valence-corrected chi connectivity index (χ4v) is 2.37. The zero-order valence-electron chi connectivity index (χ0n) is 10.7. The number of nitrogens with two attached hydrogens (primary N) is 1. The van der Waals surface area contributed by atoms with Gasteiger partial charge >= 0.3 is 0 Å². The lowest BCUT2D eigenvalue weighted by Crippen LogP contribution is -2.19. The van der Waals surface area contributed by atoms with E-state index in [9.17, 15) is 4.79 Å². The van der Waals surface area contributed by atoms with E-state index >= 15 is 0 Å². The molecule has 1 heterocycles. The van der Waals surface area contributed by atoms with Crippen molar-refractivity contribution in [2.75, 3.05) is 5.73 Å². The van der Waals surface area contributed by atoms with Gasteiger partial charge in [-0.2, -0.15) is 5.10 Å². The van der Waals surface area contributed by atoms with E-state index in [2.05, 4.69) is 15.5 Å². The Hall–Kier alpha value is -2.21. The minimum Gasteiger partial charge on any atom is -0.375 e. The van der Waals surface area contributed by atoms with Gasteiger partial charge in [-0.1, -0.05) is 29.5 Å². The normalized spacial score (nSPS) is 11.4. The van der Waals surface area contributed by atoms with Gasteiger partial charge in [-0.15, -0.1) is 0 Å². The number of nitrogens with zero attached hydrogens (tertiary/aromatic N) is 2. The van der Waals surface area contributed by atoms with Gasteiger partial charge in [0.1, 0.15) is 0 Å².